The fraction of sp³-hybridized carbons (Fsp3) is 0.0667. The van der Waals surface area contributed by atoms with Crippen LogP contribution in [0.1, 0.15) is 22.2 Å². The second-order valence-electron chi connectivity index (χ2n) is 5.11. The van der Waals surface area contributed by atoms with Gasteiger partial charge in [0.1, 0.15) is 5.52 Å². The molecule has 0 bridgehead atoms. The number of aromatic nitrogens is 1. The number of rotatable bonds is 3. The number of fused-ring (bicyclic) bond motifs is 2. The molecule has 0 atom stereocenters. The number of hydrogen-bond donors (Lipinski definition) is 4. The van der Waals surface area contributed by atoms with Crippen LogP contribution in [0, 0.1) is 10.1 Å². The van der Waals surface area contributed by atoms with Gasteiger partial charge in [0.2, 0.25) is 0 Å². The van der Waals surface area contributed by atoms with Gasteiger partial charge in [0.05, 0.1) is 15.9 Å². The van der Waals surface area contributed by atoms with E-state index in [0.717, 1.165) is 18.2 Å². The van der Waals surface area contributed by atoms with Gasteiger partial charge < -0.3 is 20.3 Å². The number of carboxylic acids is 1. The lowest BCUT2D eigenvalue weighted by Gasteiger charge is -2.08. The van der Waals surface area contributed by atoms with Crippen molar-refractivity contribution in [2.45, 2.75) is 6.29 Å². The average molecular weight is 330 g/mol. The Balaban J connectivity index is 2.50. The highest BCUT2D eigenvalue weighted by molar-refractivity contribution is 5.99. The van der Waals surface area contributed by atoms with Gasteiger partial charge in [-0.05, 0) is 24.3 Å². The van der Waals surface area contributed by atoms with Gasteiger partial charge in [-0.15, -0.1) is 0 Å². The number of benzene rings is 2. The van der Waals surface area contributed by atoms with E-state index in [1.165, 1.54) is 12.1 Å². The summed E-state index contributed by atoms with van der Waals surface area (Å²) in [7, 11) is 0. The maximum Gasteiger partial charge on any atom is 0.335 e. The van der Waals surface area contributed by atoms with Crippen LogP contribution < -0.4 is 5.43 Å². The molecule has 3 rings (SSSR count). The molecular formula is C15H10N2O7. The van der Waals surface area contributed by atoms with Crippen LogP contribution in [0.3, 0.4) is 0 Å². The fourth-order valence-corrected chi connectivity index (χ4v) is 2.51. The Bertz CT molecular complexity index is 1070. The normalized spacial score (nSPS) is 11.3. The van der Waals surface area contributed by atoms with Crippen LogP contribution in [0.15, 0.2) is 35.1 Å². The number of aromatic amines is 1. The van der Waals surface area contributed by atoms with Crippen molar-refractivity contribution in [3.63, 3.8) is 0 Å². The summed E-state index contributed by atoms with van der Waals surface area (Å²) >= 11 is 0. The van der Waals surface area contributed by atoms with Crippen LogP contribution in [0.25, 0.3) is 21.8 Å². The van der Waals surface area contributed by atoms with E-state index in [4.69, 9.17) is 5.11 Å². The second-order valence-corrected chi connectivity index (χ2v) is 5.11. The van der Waals surface area contributed by atoms with Gasteiger partial charge in [0, 0.05) is 22.5 Å². The first kappa shape index (κ1) is 15.6. The molecule has 0 radical (unpaired) electrons. The van der Waals surface area contributed by atoms with Gasteiger partial charge in [0.25, 0.3) is 5.69 Å². The third-order valence-electron chi connectivity index (χ3n) is 3.65. The van der Waals surface area contributed by atoms with Crippen molar-refractivity contribution in [2.75, 3.05) is 0 Å². The van der Waals surface area contributed by atoms with Crippen molar-refractivity contribution in [1.82, 2.24) is 4.98 Å². The number of nitrogens with one attached hydrogen (secondary N) is 1. The molecule has 0 aliphatic rings. The third-order valence-corrected chi connectivity index (χ3v) is 3.65. The molecule has 24 heavy (non-hydrogen) atoms. The summed E-state index contributed by atoms with van der Waals surface area (Å²) in [5.41, 5.74) is -1.30. The first-order chi connectivity index (χ1) is 11.3. The highest BCUT2D eigenvalue weighted by Crippen LogP contribution is 2.28. The zero-order valence-corrected chi connectivity index (χ0v) is 11.9. The van der Waals surface area contributed by atoms with Gasteiger partial charge in [0.15, 0.2) is 11.7 Å². The first-order valence-electron chi connectivity index (χ1n) is 6.67. The van der Waals surface area contributed by atoms with E-state index in [1.54, 1.807) is 0 Å². The summed E-state index contributed by atoms with van der Waals surface area (Å²) in [4.78, 5) is 36.9. The number of aromatic carboxylic acids is 1. The molecule has 9 heteroatoms. The van der Waals surface area contributed by atoms with Crippen LogP contribution >= 0.6 is 0 Å². The summed E-state index contributed by atoms with van der Waals surface area (Å²) in [5, 5.41) is 38.6. The summed E-state index contributed by atoms with van der Waals surface area (Å²) in [5.74, 6) is -1.22. The lowest BCUT2D eigenvalue weighted by molar-refractivity contribution is -0.383. The molecule has 3 aromatic rings. The molecule has 2 aromatic carbocycles. The smallest absolute Gasteiger partial charge is 0.335 e. The second kappa shape index (κ2) is 5.41. The number of carboxylic acid groups (broad SMARTS) is 1. The number of carbonyl (C=O) groups is 1. The van der Waals surface area contributed by atoms with Gasteiger partial charge in [-0.1, -0.05) is 0 Å². The van der Waals surface area contributed by atoms with E-state index in [1.807, 2.05) is 0 Å². The zero-order valence-electron chi connectivity index (χ0n) is 11.9. The van der Waals surface area contributed by atoms with Crippen LogP contribution in [0.5, 0.6) is 0 Å². The lowest BCUT2D eigenvalue weighted by atomic mass is 10.0. The number of hydrogen-bond acceptors (Lipinski definition) is 6. The number of aliphatic hydroxyl groups is 2. The molecule has 0 aliphatic heterocycles. The van der Waals surface area contributed by atoms with Gasteiger partial charge in [-0.2, -0.15) is 0 Å². The molecule has 0 aliphatic carbocycles. The molecule has 0 amide bonds. The number of aliphatic hydroxyl groups excluding tert-OH is 1. The molecule has 0 unspecified atom stereocenters. The minimum Gasteiger partial charge on any atom is -0.478 e. The molecule has 4 N–H and O–H groups in total. The van der Waals surface area contributed by atoms with E-state index in [0.29, 0.717) is 0 Å². The monoisotopic (exact) mass is 330 g/mol. The van der Waals surface area contributed by atoms with Gasteiger partial charge >= 0.3 is 5.97 Å². The van der Waals surface area contributed by atoms with E-state index >= 15 is 0 Å². The molecule has 0 saturated heterocycles. The molecule has 0 saturated carbocycles. The van der Waals surface area contributed by atoms with E-state index in [2.05, 4.69) is 4.98 Å². The predicted octanol–water partition coefficient (Wildman–Crippen LogP) is 1.27. The highest BCUT2D eigenvalue weighted by Gasteiger charge is 2.20. The average Bonchev–Trinajstić information content (AvgIpc) is 2.53. The summed E-state index contributed by atoms with van der Waals surface area (Å²) in [6.45, 7) is 0. The number of pyridine rings is 1. The highest BCUT2D eigenvalue weighted by atomic mass is 16.6. The molecule has 1 aromatic heterocycles. The maximum atomic E-state index is 12.6. The maximum absolute atomic E-state index is 12.6. The van der Waals surface area contributed by atoms with Crippen molar-refractivity contribution in [1.29, 1.82) is 0 Å². The Morgan fingerprint density at radius 2 is 1.88 bits per heavy atom. The van der Waals surface area contributed by atoms with Crippen molar-refractivity contribution in [3.8, 4) is 0 Å². The van der Waals surface area contributed by atoms with Crippen molar-refractivity contribution >= 4 is 33.5 Å². The largest absolute Gasteiger partial charge is 0.478 e. The topological polar surface area (TPSA) is 154 Å². The van der Waals surface area contributed by atoms with Crippen molar-refractivity contribution < 1.29 is 25.0 Å². The minimum atomic E-state index is -1.99. The molecule has 0 spiro atoms. The SMILES string of the molecule is O=C(O)c1ccc2[nH]c3c([N+](=O)[O-])cc(C(O)O)cc3c(=O)c2c1. The Morgan fingerprint density at radius 3 is 2.46 bits per heavy atom. The third kappa shape index (κ3) is 2.37. The minimum absolute atomic E-state index is 0.0290. The van der Waals surface area contributed by atoms with Crippen LogP contribution in [-0.4, -0.2) is 31.2 Å². The number of non-ortho nitro benzene ring substituents is 1. The Labute approximate surface area is 132 Å². The van der Waals surface area contributed by atoms with Crippen LogP contribution in [0.4, 0.5) is 5.69 Å². The quantitative estimate of drug-likeness (QED) is 0.244. The first-order valence-corrected chi connectivity index (χ1v) is 6.67. The Kier molecular flexibility index (Phi) is 3.51. The lowest BCUT2D eigenvalue weighted by Crippen LogP contribution is -2.09. The number of H-pyrrole nitrogens is 1. The molecule has 1 heterocycles. The number of nitro benzene ring substituents is 1. The van der Waals surface area contributed by atoms with Crippen molar-refractivity contribution in [2.24, 2.45) is 0 Å². The molecule has 122 valence electrons. The molecule has 9 nitrogen and oxygen atoms in total. The predicted molar refractivity (Wildman–Crippen MR) is 82.9 cm³/mol. The fourth-order valence-electron chi connectivity index (χ4n) is 2.51. The zero-order chi connectivity index (χ0) is 17.6. The van der Waals surface area contributed by atoms with E-state index in [9.17, 15) is 29.9 Å². The standard InChI is InChI=1S/C15H10N2O7/c18-13-8-3-6(14(19)20)1-2-10(8)16-12-9(13)4-7(15(21)22)5-11(12)17(23)24/h1-5,15,21-22H,(H,16,18)(H,19,20). The van der Waals surface area contributed by atoms with Crippen LogP contribution in [0.2, 0.25) is 0 Å². The Morgan fingerprint density at radius 1 is 1.17 bits per heavy atom. The summed E-state index contributed by atoms with van der Waals surface area (Å²) in [6, 6.07) is 5.85. The number of nitrogens with zero attached hydrogens (tertiary/aromatic N) is 1. The number of nitro groups is 1. The van der Waals surface area contributed by atoms with Gasteiger partial charge in [-0.25, -0.2) is 4.79 Å². The van der Waals surface area contributed by atoms with E-state index < -0.39 is 28.3 Å². The molecular weight excluding hydrogens is 320 g/mol. The van der Waals surface area contributed by atoms with Crippen LogP contribution in [-0.2, 0) is 0 Å². The van der Waals surface area contributed by atoms with Crippen molar-refractivity contribution in [3.05, 3.63) is 61.8 Å². The Hall–Kier alpha value is -3.30. The summed E-state index contributed by atoms with van der Waals surface area (Å²) < 4.78 is 0. The van der Waals surface area contributed by atoms with Gasteiger partial charge in [-0.3, -0.25) is 14.9 Å². The summed E-state index contributed by atoms with van der Waals surface area (Å²) in [6.07, 6.45) is -1.99. The molecule has 0 fully saturated rings. The van der Waals surface area contributed by atoms with E-state index in [-0.39, 0.29) is 32.9 Å².